The van der Waals surface area contributed by atoms with Gasteiger partial charge in [0.15, 0.2) is 0 Å². The summed E-state index contributed by atoms with van der Waals surface area (Å²) in [6.45, 7) is 7.14. The van der Waals surface area contributed by atoms with E-state index < -0.39 is 0 Å². The zero-order valence-electron chi connectivity index (χ0n) is 15.6. The van der Waals surface area contributed by atoms with Gasteiger partial charge in [0.25, 0.3) is 5.91 Å². The number of fused-ring (bicyclic) bond motifs is 1. The monoisotopic (exact) mass is 349 g/mol. The molecule has 1 fully saturated rings. The minimum absolute atomic E-state index is 0.140. The first-order valence-electron chi connectivity index (χ1n) is 9.56. The molecule has 2 aromatic carbocycles. The third-order valence-corrected chi connectivity index (χ3v) is 5.83. The molecule has 4 nitrogen and oxygen atoms in total. The van der Waals surface area contributed by atoms with Crippen LogP contribution in [0.4, 0.5) is 5.69 Å². The Morgan fingerprint density at radius 1 is 1.00 bits per heavy atom. The number of piperidine rings is 1. The summed E-state index contributed by atoms with van der Waals surface area (Å²) in [5.74, 6) is 0.140. The number of carbonyl (C=O) groups is 1. The summed E-state index contributed by atoms with van der Waals surface area (Å²) in [6, 6.07) is 18.8. The smallest absolute Gasteiger partial charge is 0.258 e. The van der Waals surface area contributed by atoms with Gasteiger partial charge in [-0.05, 0) is 31.5 Å². The van der Waals surface area contributed by atoms with Crippen molar-refractivity contribution in [3.63, 3.8) is 0 Å². The minimum atomic E-state index is -0.299. The first-order valence-corrected chi connectivity index (χ1v) is 9.56. The molecule has 1 spiro atoms. The highest BCUT2D eigenvalue weighted by Crippen LogP contribution is 2.38. The Bertz CT molecular complexity index is 779. The molecule has 2 aromatic rings. The van der Waals surface area contributed by atoms with E-state index in [-0.39, 0.29) is 11.6 Å². The number of para-hydroxylation sites is 1. The summed E-state index contributed by atoms with van der Waals surface area (Å²) < 4.78 is 0. The van der Waals surface area contributed by atoms with Crippen molar-refractivity contribution in [3.05, 3.63) is 65.7 Å². The number of anilines is 1. The highest BCUT2D eigenvalue weighted by atomic mass is 16.2. The Balaban J connectivity index is 1.69. The molecular weight excluding hydrogens is 322 g/mol. The van der Waals surface area contributed by atoms with E-state index in [1.165, 1.54) is 5.56 Å². The van der Waals surface area contributed by atoms with Gasteiger partial charge in [-0.2, -0.15) is 0 Å². The molecule has 2 heterocycles. The Kier molecular flexibility index (Phi) is 4.45. The molecule has 1 N–H and O–H groups in total. The van der Waals surface area contributed by atoms with Crippen molar-refractivity contribution < 1.29 is 4.79 Å². The Hall–Kier alpha value is -2.33. The van der Waals surface area contributed by atoms with Gasteiger partial charge in [-0.15, -0.1) is 0 Å². The van der Waals surface area contributed by atoms with E-state index in [9.17, 15) is 4.79 Å². The highest BCUT2D eigenvalue weighted by molar-refractivity contribution is 6.02. The van der Waals surface area contributed by atoms with Crippen molar-refractivity contribution in [2.45, 2.75) is 44.9 Å². The van der Waals surface area contributed by atoms with Crippen LogP contribution in [0, 0.1) is 0 Å². The third kappa shape index (κ3) is 2.99. The zero-order valence-corrected chi connectivity index (χ0v) is 15.6. The maximum atomic E-state index is 13.4. The van der Waals surface area contributed by atoms with Crippen LogP contribution < -0.4 is 5.32 Å². The number of benzene rings is 2. The quantitative estimate of drug-likeness (QED) is 0.911. The van der Waals surface area contributed by atoms with Gasteiger partial charge >= 0.3 is 0 Å². The fraction of sp³-hybridized carbons (Fsp3) is 0.409. The van der Waals surface area contributed by atoms with Gasteiger partial charge in [0.05, 0.1) is 5.56 Å². The van der Waals surface area contributed by atoms with Crippen LogP contribution >= 0.6 is 0 Å². The van der Waals surface area contributed by atoms with Gasteiger partial charge in [0.1, 0.15) is 5.66 Å². The molecule has 26 heavy (non-hydrogen) atoms. The molecular formula is C22H27N3O. The summed E-state index contributed by atoms with van der Waals surface area (Å²) in [5, 5.41) is 3.75. The maximum Gasteiger partial charge on any atom is 0.258 e. The van der Waals surface area contributed by atoms with E-state index in [0.717, 1.165) is 37.2 Å². The van der Waals surface area contributed by atoms with Crippen LogP contribution in [-0.2, 0) is 6.54 Å². The van der Waals surface area contributed by atoms with E-state index in [0.29, 0.717) is 12.6 Å². The summed E-state index contributed by atoms with van der Waals surface area (Å²) in [5.41, 5.74) is 2.62. The van der Waals surface area contributed by atoms with E-state index in [2.05, 4.69) is 41.1 Å². The normalized spacial score (nSPS) is 19.5. The SMILES string of the molecule is CC(C)N1CCC2(CC1)Nc1ccccc1C(=O)N2Cc1ccccc1. The van der Waals surface area contributed by atoms with Gasteiger partial charge in [-0.25, -0.2) is 0 Å². The molecule has 0 aromatic heterocycles. The van der Waals surface area contributed by atoms with Crippen LogP contribution in [0.15, 0.2) is 54.6 Å². The van der Waals surface area contributed by atoms with Crippen molar-refractivity contribution in [2.75, 3.05) is 18.4 Å². The molecule has 4 heteroatoms. The topological polar surface area (TPSA) is 35.6 Å². The highest BCUT2D eigenvalue weighted by Gasteiger charge is 2.46. The number of hydrogen-bond acceptors (Lipinski definition) is 3. The van der Waals surface area contributed by atoms with E-state index in [1.807, 2.05) is 42.5 Å². The van der Waals surface area contributed by atoms with Crippen LogP contribution in [0.3, 0.4) is 0 Å². The zero-order chi connectivity index (χ0) is 18.1. The van der Waals surface area contributed by atoms with Crippen molar-refractivity contribution in [1.29, 1.82) is 0 Å². The Morgan fingerprint density at radius 3 is 2.35 bits per heavy atom. The maximum absolute atomic E-state index is 13.4. The molecule has 0 unspecified atom stereocenters. The van der Waals surface area contributed by atoms with Gasteiger partial charge in [0.2, 0.25) is 0 Å². The Labute approximate surface area is 155 Å². The summed E-state index contributed by atoms with van der Waals surface area (Å²) in [6.07, 6.45) is 1.89. The van der Waals surface area contributed by atoms with Crippen molar-refractivity contribution >= 4 is 11.6 Å². The molecule has 1 saturated heterocycles. The lowest BCUT2D eigenvalue weighted by Gasteiger charge is -2.53. The average molecular weight is 349 g/mol. The average Bonchev–Trinajstić information content (AvgIpc) is 2.66. The second-order valence-corrected chi connectivity index (χ2v) is 7.71. The van der Waals surface area contributed by atoms with Crippen LogP contribution in [-0.4, -0.2) is 40.5 Å². The number of rotatable bonds is 3. The predicted molar refractivity (Wildman–Crippen MR) is 105 cm³/mol. The van der Waals surface area contributed by atoms with Crippen molar-refractivity contribution in [3.8, 4) is 0 Å². The van der Waals surface area contributed by atoms with Gasteiger partial charge in [-0.3, -0.25) is 4.79 Å². The van der Waals surface area contributed by atoms with Gasteiger partial charge in [0, 0.05) is 44.2 Å². The molecule has 2 aliphatic rings. The molecule has 2 aliphatic heterocycles. The summed E-state index contributed by atoms with van der Waals surface area (Å²) in [7, 11) is 0. The number of amides is 1. The van der Waals surface area contributed by atoms with E-state index >= 15 is 0 Å². The van der Waals surface area contributed by atoms with Gasteiger partial charge in [-0.1, -0.05) is 42.5 Å². The van der Waals surface area contributed by atoms with Crippen LogP contribution in [0.2, 0.25) is 0 Å². The number of nitrogens with zero attached hydrogens (tertiary/aromatic N) is 2. The lowest BCUT2D eigenvalue weighted by molar-refractivity contribution is 0.0185. The van der Waals surface area contributed by atoms with E-state index in [4.69, 9.17) is 0 Å². The first-order chi connectivity index (χ1) is 12.6. The van der Waals surface area contributed by atoms with E-state index in [1.54, 1.807) is 0 Å². The fourth-order valence-corrected chi connectivity index (χ4v) is 4.23. The second-order valence-electron chi connectivity index (χ2n) is 7.71. The van der Waals surface area contributed by atoms with Crippen molar-refractivity contribution in [1.82, 2.24) is 9.80 Å². The molecule has 0 atom stereocenters. The second kappa shape index (κ2) is 6.76. The van der Waals surface area contributed by atoms with Gasteiger partial charge < -0.3 is 15.1 Å². The van der Waals surface area contributed by atoms with Crippen LogP contribution in [0.1, 0.15) is 42.6 Å². The number of nitrogens with one attached hydrogen (secondary N) is 1. The number of hydrogen-bond donors (Lipinski definition) is 1. The molecule has 136 valence electrons. The molecule has 1 amide bonds. The van der Waals surface area contributed by atoms with Crippen LogP contribution in [0.5, 0.6) is 0 Å². The Morgan fingerprint density at radius 2 is 1.65 bits per heavy atom. The lowest BCUT2D eigenvalue weighted by atomic mass is 9.89. The molecule has 0 saturated carbocycles. The predicted octanol–water partition coefficient (Wildman–Crippen LogP) is 3.96. The summed E-state index contributed by atoms with van der Waals surface area (Å²) in [4.78, 5) is 18.0. The molecule has 0 radical (unpaired) electrons. The number of carbonyl (C=O) groups excluding carboxylic acids is 1. The molecule has 0 bridgehead atoms. The molecule has 0 aliphatic carbocycles. The lowest BCUT2D eigenvalue weighted by Crippen LogP contribution is -2.64. The van der Waals surface area contributed by atoms with Crippen molar-refractivity contribution in [2.24, 2.45) is 0 Å². The standard InChI is InChI=1S/C22H27N3O/c1-17(2)24-14-12-22(13-15-24)23-20-11-7-6-10-19(20)21(26)25(22)16-18-8-4-3-5-9-18/h3-11,17,23H,12-16H2,1-2H3. The molecule has 4 rings (SSSR count). The third-order valence-electron chi connectivity index (χ3n) is 5.83. The summed E-state index contributed by atoms with van der Waals surface area (Å²) >= 11 is 0. The first kappa shape index (κ1) is 17.1. The van der Waals surface area contributed by atoms with Crippen LogP contribution in [0.25, 0.3) is 0 Å². The minimum Gasteiger partial charge on any atom is -0.362 e. The fourth-order valence-electron chi connectivity index (χ4n) is 4.23. The number of likely N-dealkylation sites (tertiary alicyclic amines) is 1. The largest absolute Gasteiger partial charge is 0.362 e.